The summed E-state index contributed by atoms with van der Waals surface area (Å²) in [7, 11) is 0. The summed E-state index contributed by atoms with van der Waals surface area (Å²) in [6.07, 6.45) is 4.88. The molecule has 3 aliphatic carbocycles. The number of nitrogens with zero attached hydrogens (tertiary/aromatic N) is 12. The summed E-state index contributed by atoms with van der Waals surface area (Å²) < 4.78 is 39.7. The van der Waals surface area contributed by atoms with E-state index in [9.17, 15) is 47.8 Å². The molecule has 11 aromatic rings. The van der Waals surface area contributed by atoms with Gasteiger partial charge in [-0.2, -0.15) is 0 Å². The van der Waals surface area contributed by atoms with Crippen LogP contribution in [0.3, 0.4) is 0 Å². The van der Waals surface area contributed by atoms with Crippen LogP contribution in [0.2, 0.25) is 0 Å². The number of nitrogens with one attached hydrogen (secondary N) is 8. The van der Waals surface area contributed by atoms with E-state index in [0.717, 1.165) is 63.9 Å². The lowest BCUT2D eigenvalue weighted by atomic mass is 9.82. The van der Waals surface area contributed by atoms with Gasteiger partial charge in [0.15, 0.2) is 5.17 Å². The molecule has 30 nitrogen and oxygen atoms in total. The number of rotatable bonds is 30. The summed E-state index contributed by atoms with van der Waals surface area (Å²) in [5.74, 6) is -6.59. The van der Waals surface area contributed by atoms with Crippen molar-refractivity contribution in [3.05, 3.63) is 216 Å². The van der Waals surface area contributed by atoms with Crippen molar-refractivity contribution in [2.45, 2.75) is 137 Å². The van der Waals surface area contributed by atoms with Gasteiger partial charge in [-0.05, 0) is 123 Å². The number of hydrogen-bond donors (Lipinski definition) is 10. The third-order valence-corrected chi connectivity index (χ3v) is 26.6. The first kappa shape index (κ1) is 81.9. The maximum atomic E-state index is 14.3. The first-order chi connectivity index (χ1) is 57.3. The first-order valence-electron chi connectivity index (χ1n) is 38.1. The Morgan fingerprint density at radius 1 is 0.466 bits per heavy atom. The Hall–Kier alpha value is -11.3. The standard InChI is InChI=1S/C80H78F2N20O10S6/c81-80(82)41-102(42-80)59-27-13-24-54(85-59)38-61(106)86-74(84)113-64(83)48-28-29-51(34-48)71-95-100-78(117-71)90-67(109)62(45-17-6-2-7-18-45)111-55-25-10-14-43(32-55)33-60(105)87-75-97-94-72(114-75)52-30-31-53(36-52)73-96-101-79(118-73)91-68(110)63(46-19-8-3-9-20-46)112-56-26-12-21-47(37-56)58(40-104)66(108)89-77-99-93-70(116-77)50-23-11-22-49(35-50)69-92-98-76(115-69)88-65(107)57(39-103)44-15-4-1-5-16-44/h1-10,12-21,24-27,32,37,48-53,57-58,62-63,83,103-104H,11,22-23,28-31,33-36,38-42H2,(H2,84,86,106)(H,87,97,105)(H,88,98,107)(H,89,99,108)(H,90,100,109)(H,91,101,110). The SMILES string of the molecule is N=C(NC(=O)Cc1cccc(N2CC(F)(F)C2)n1)SC(=N)C1CCC(c2nnc(NC(=O)C(Oc3cccc(CC(=O)Nc4nnc(C5CCC(c6nnc(NC(=O)C(Oc7cccc(C(CO)C(=O)Nc8nnc(C9CCCC(c%10nnc(NC(=O)C(CO)c%11ccccc%11)s%10)C9)s8)c7)c7ccccc7)s6)C5)s4)c3)c3ccccc3)s2)C1. The molecule has 1 aliphatic heterocycles. The highest BCUT2D eigenvalue weighted by atomic mass is 32.2. The Balaban J connectivity index is 0.502. The van der Waals surface area contributed by atoms with Crippen LogP contribution in [0.5, 0.6) is 11.5 Å². The smallest absolute Gasteiger partial charge is 0.282 e. The summed E-state index contributed by atoms with van der Waals surface area (Å²) in [6.45, 7) is -1.79. The summed E-state index contributed by atoms with van der Waals surface area (Å²) >= 11 is 7.20. The predicted molar refractivity (Wildman–Crippen MR) is 445 cm³/mol. The number of aromatic nitrogens is 11. The zero-order chi connectivity index (χ0) is 81.8. The van der Waals surface area contributed by atoms with Gasteiger partial charge in [-0.15, -0.1) is 51.0 Å². The molecule has 118 heavy (non-hydrogen) atoms. The van der Waals surface area contributed by atoms with Crippen LogP contribution in [0.25, 0.3) is 0 Å². The molecule has 10 unspecified atom stereocenters. The van der Waals surface area contributed by atoms with Gasteiger partial charge in [0.1, 0.15) is 42.4 Å². The van der Waals surface area contributed by atoms with E-state index in [2.05, 4.69) is 87.9 Å². The fourth-order valence-electron chi connectivity index (χ4n) is 14.8. The third kappa shape index (κ3) is 20.6. The van der Waals surface area contributed by atoms with Crippen LogP contribution >= 0.6 is 68.4 Å². The van der Waals surface area contributed by atoms with E-state index in [1.165, 1.54) is 61.6 Å². The van der Waals surface area contributed by atoms with Gasteiger partial charge < -0.3 is 35.2 Å². The Morgan fingerprint density at radius 3 is 1.39 bits per heavy atom. The quantitative estimate of drug-likeness (QED) is 0.0148. The van der Waals surface area contributed by atoms with Gasteiger partial charge in [-0.25, -0.2) is 13.8 Å². The molecule has 6 amide bonds. The molecule has 1 saturated heterocycles. The van der Waals surface area contributed by atoms with Crippen molar-refractivity contribution < 1.29 is 57.2 Å². The number of halogens is 2. The van der Waals surface area contributed by atoms with Crippen LogP contribution in [-0.2, 0) is 41.6 Å². The number of aliphatic hydroxyl groups excluding tert-OH is 2. The first-order valence-corrected chi connectivity index (χ1v) is 43.0. The fraction of sp³-hybridized carbons (Fsp3) is 0.338. The number of anilines is 6. The number of carbonyl (C=O) groups is 6. The molecule has 4 fully saturated rings. The highest BCUT2D eigenvalue weighted by Crippen LogP contribution is 2.48. The number of amides is 6. The lowest BCUT2D eigenvalue weighted by molar-refractivity contribution is -0.123. The number of amidine groups is 1. The minimum absolute atomic E-state index is 0.00277. The Morgan fingerprint density at radius 2 is 0.890 bits per heavy atom. The zero-order valence-electron chi connectivity index (χ0n) is 62.8. The number of carbonyl (C=O) groups excluding carboxylic acids is 6. The van der Waals surface area contributed by atoms with Crippen molar-refractivity contribution in [3.8, 4) is 11.5 Å². The minimum Gasteiger partial charge on any atom is -0.476 e. The van der Waals surface area contributed by atoms with Gasteiger partial charge in [0.25, 0.3) is 17.7 Å². The van der Waals surface area contributed by atoms with E-state index < -0.39 is 73.3 Å². The molecule has 4 aliphatic rings. The third-order valence-electron chi connectivity index (χ3n) is 20.7. The minimum atomic E-state index is -2.77. The molecule has 0 spiro atoms. The van der Waals surface area contributed by atoms with Crippen molar-refractivity contribution in [2.24, 2.45) is 5.92 Å². The highest BCUT2D eigenvalue weighted by molar-refractivity contribution is 8.26. The van der Waals surface area contributed by atoms with Gasteiger partial charge in [0.2, 0.25) is 61.5 Å². The molecule has 38 heteroatoms. The molecule has 10 N–H and O–H groups in total. The second kappa shape index (κ2) is 37.6. The maximum Gasteiger partial charge on any atom is 0.282 e. The van der Waals surface area contributed by atoms with Crippen molar-refractivity contribution in [1.29, 1.82) is 10.8 Å². The fourth-order valence-corrected chi connectivity index (χ4v) is 20.0. The van der Waals surface area contributed by atoms with Crippen LogP contribution in [0.15, 0.2) is 158 Å². The number of pyridine rings is 1. The lowest BCUT2D eigenvalue weighted by Gasteiger charge is -2.39. The van der Waals surface area contributed by atoms with E-state index >= 15 is 0 Å². The monoisotopic (exact) mass is 1710 g/mol. The number of ether oxygens (including phenoxy) is 2. The largest absolute Gasteiger partial charge is 0.476 e. The summed E-state index contributed by atoms with van der Waals surface area (Å²) in [4.78, 5) is 87.8. The van der Waals surface area contributed by atoms with Crippen LogP contribution in [0.4, 0.5) is 40.3 Å². The number of thioether (sulfide) groups is 1. The number of hydrogen-bond acceptors (Lipinski definition) is 30. The topological polar surface area (TPSA) is 426 Å². The van der Waals surface area contributed by atoms with Crippen molar-refractivity contribution >= 4 is 146 Å². The molecule has 0 radical (unpaired) electrons. The average molecular weight is 1710 g/mol. The number of alkyl halides is 2. The van der Waals surface area contributed by atoms with Gasteiger partial charge in [-0.3, -0.25) is 60.9 Å². The Labute approximate surface area is 698 Å². The molecule has 10 atom stereocenters. The molecule has 6 aromatic heterocycles. The van der Waals surface area contributed by atoms with Gasteiger partial charge in [0, 0.05) is 46.6 Å². The van der Waals surface area contributed by atoms with Crippen molar-refractivity contribution in [2.75, 3.05) is 57.8 Å². The van der Waals surface area contributed by atoms with E-state index in [-0.39, 0.29) is 98.1 Å². The Kier molecular flexibility index (Phi) is 26.1. The molecule has 0 bridgehead atoms. The normalized spacial score (nSPS) is 19.1. The van der Waals surface area contributed by atoms with Crippen LogP contribution in [0.1, 0.15) is 176 Å². The van der Waals surface area contributed by atoms with Crippen LogP contribution in [-0.4, -0.2) is 144 Å². The second-order valence-corrected chi connectivity index (χ2v) is 35.1. The van der Waals surface area contributed by atoms with E-state index in [1.807, 2.05) is 30.3 Å². The second-order valence-electron chi connectivity index (χ2n) is 29.0. The number of aliphatic hydroxyl groups is 2. The van der Waals surface area contributed by atoms with Crippen molar-refractivity contribution in [3.63, 3.8) is 0 Å². The number of benzene rings is 5. The zero-order valence-corrected chi connectivity index (χ0v) is 67.7. The highest BCUT2D eigenvalue weighted by Gasteiger charge is 2.45. The summed E-state index contributed by atoms with van der Waals surface area (Å²) in [6, 6.07) is 45.3. The van der Waals surface area contributed by atoms with Crippen LogP contribution in [0, 0.1) is 16.7 Å². The lowest BCUT2D eigenvalue weighted by Crippen LogP contribution is -2.56. The van der Waals surface area contributed by atoms with Gasteiger partial charge in [0.05, 0.1) is 61.7 Å². The summed E-state index contributed by atoms with van der Waals surface area (Å²) in [5.41, 5.74) is 3.20. The van der Waals surface area contributed by atoms with Crippen molar-refractivity contribution in [1.82, 2.24) is 61.3 Å². The average Bonchev–Trinajstić information content (AvgIpc) is 1.30. The molecule has 15 rings (SSSR count). The van der Waals surface area contributed by atoms with Gasteiger partial charge >= 0.3 is 0 Å². The molecule has 3 saturated carbocycles. The Bertz CT molecular complexity index is 5430. The maximum absolute atomic E-state index is 14.3. The molecular formula is C80H78F2N20O10S6. The summed E-state index contributed by atoms with van der Waals surface area (Å²) in [5, 5.41) is 104. The molecule has 7 heterocycles. The van der Waals surface area contributed by atoms with E-state index in [4.69, 9.17) is 20.3 Å². The van der Waals surface area contributed by atoms with Crippen LogP contribution < -0.4 is 46.3 Å². The predicted octanol–water partition coefficient (Wildman–Crippen LogP) is 13.3. The molecule has 5 aromatic carbocycles. The molecular weight excluding hydrogens is 1630 g/mol. The van der Waals surface area contributed by atoms with E-state index in [1.54, 1.807) is 127 Å². The van der Waals surface area contributed by atoms with Gasteiger partial charge in [-0.1, -0.05) is 184 Å². The molecule has 608 valence electrons. The van der Waals surface area contributed by atoms with E-state index in [0.29, 0.717) is 92.5 Å².